The van der Waals surface area contributed by atoms with E-state index in [4.69, 9.17) is 18.1 Å². The lowest BCUT2D eigenvalue weighted by atomic mass is 10.4. The third-order valence-electron chi connectivity index (χ3n) is 5.03. The minimum absolute atomic E-state index is 0.427. The van der Waals surface area contributed by atoms with Crippen LogP contribution in [0.5, 0.6) is 23.5 Å². The van der Waals surface area contributed by atoms with Crippen molar-refractivity contribution >= 4 is 17.1 Å². The van der Waals surface area contributed by atoms with E-state index in [-0.39, 0.29) is 0 Å². The summed E-state index contributed by atoms with van der Waals surface area (Å²) in [6, 6.07) is 22.3. The number of hydrogen-bond acceptors (Lipinski definition) is 10. The quantitative estimate of drug-likeness (QED) is 0.155. The first-order valence-corrected chi connectivity index (χ1v) is 14.1. The molecule has 38 heavy (non-hydrogen) atoms. The van der Waals surface area contributed by atoms with Crippen LogP contribution in [-0.2, 0) is 0 Å². The molecule has 4 heterocycles. The van der Waals surface area contributed by atoms with E-state index in [1.807, 2.05) is 90.3 Å². The zero-order valence-electron chi connectivity index (χ0n) is 22.1. The van der Waals surface area contributed by atoms with Crippen LogP contribution in [-0.4, -0.2) is 43.6 Å². The molecule has 0 saturated carbocycles. The van der Waals surface area contributed by atoms with Crippen molar-refractivity contribution in [3.05, 3.63) is 95.6 Å². The van der Waals surface area contributed by atoms with Gasteiger partial charge in [0.2, 0.25) is 23.5 Å². The Hall–Kier alpha value is -3.42. The van der Waals surface area contributed by atoms with Crippen molar-refractivity contribution in [3.8, 4) is 23.5 Å². The molecule has 0 fully saturated rings. The summed E-state index contributed by atoms with van der Waals surface area (Å²) in [4.78, 5) is 17.9. The maximum absolute atomic E-state index is 6.25. The molecule has 198 valence electrons. The Labute approximate surface area is 225 Å². The van der Waals surface area contributed by atoms with Crippen LogP contribution in [0.25, 0.3) is 0 Å². The van der Waals surface area contributed by atoms with E-state index in [0.29, 0.717) is 23.5 Å². The van der Waals surface area contributed by atoms with Gasteiger partial charge >= 0.3 is 17.1 Å². The minimum Gasteiger partial charge on any atom is -0.408 e. The number of rotatable bonds is 11. The van der Waals surface area contributed by atoms with Crippen LogP contribution in [0.15, 0.2) is 72.8 Å². The number of hydrogen-bond donors (Lipinski definition) is 0. The third kappa shape index (κ3) is 7.79. The van der Waals surface area contributed by atoms with Gasteiger partial charge in [0.15, 0.2) is 0 Å². The second kappa shape index (κ2) is 12.9. The van der Waals surface area contributed by atoms with Gasteiger partial charge in [-0.2, -0.15) is 0 Å². The van der Waals surface area contributed by atoms with Gasteiger partial charge in [-0.1, -0.05) is 24.3 Å². The molecule has 4 aromatic heterocycles. The first kappa shape index (κ1) is 27.6. The summed E-state index contributed by atoms with van der Waals surface area (Å²) < 4.78 is 28.6. The summed E-state index contributed by atoms with van der Waals surface area (Å²) in [5, 5.41) is 0. The molecule has 0 aromatic carbocycles. The predicted octanol–water partition coefficient (Wildman–Crippen LogP) is 6.35. The maximum Gasteiger partial charge on any atom is 0.402 e. The lowest BCUT2D eigenvalue weighted by molar-refractivity contribution is 0.185. The lowest BCUT2D eigenvalue weighted by Crippen LogP contribution is -2.34. The predicted molar refractivity (Wildman–Crippen MR) is 148 cm³/mol. The van der Waals surface area contributed by atoms with Crippen molar-refractivity contribution in [1.82, 2.24) is 29.5 Å². The molecule has 0 bridgehead atoms. The van der Waals surface area contributed by atoms with E-state index in [1.165, 1.54) is 0 Å². The molecule has 0 aliphatic rings. The van der Waals surface area contributed by atoms with Gasteiger partial charge in [0, 0.05) is 61.1 Å². The number of nitrogens with zero attached hydrogens (tertiary/aromatic N) is 6. The SMILES string of the molecule is Cc1cccc(OP(Oc2cccc(C)n2)N(C)N(C)P(Oc2cccc(C)n2)Oc2cccc(C)n2)n1. The van der Waals surface area contributed by atoms with Gasteiger partial charge in [-0.15, -0.1) is 9.56 Å². The normalized spacial score (nSPS) is 11.3. The molecule has 0 aliphatic heterocycles. The summed E-state index contributed by atoms with van der Waals surface area (Å²) in [5.74, 6) is 1.71. The molecule has 12 heteroatoms. The van der Waals surface area contributed by atoms with Gasteiger partial charge in [0.25, 0.3) is 0 Å². The molecule has 10 nitrogen and oxygen atoms in total. The Morgan fingerprint density at radius 1 is 0.447 bits per heavy atom. The summed E-state index contributed by atoms with van der Waals surface area (Å²) in [7, 11) is 0.0860. The second-order valence-electron chi connectivity index (χ2n) is 8.29. The van der Waals surface area contributed by atoms with Crippen molar-refractivity contribution in [1.29, 1.82) is 0 Å². The van der Waals surface area contributed by atoms with E-state index in [2.05, 4.69) is 19.9 Å². The van der Waals surface area contributed by atoms with Crippen LogP contribution >= 0.6 is 17.1 Å². The molecule has 0 atom stereocenters. The van der Waals surface area contributed by atoms with Gasteiger partial charge in [-0.25, -0.2) is 19.9 Å². The molecular weight excluding hydrogens is 522 g/mol. The van der Waals surface area contributed by atoms with Gasteiger partial charge in [-0.3, -0.25) is 0 Å². The number of aryl methyl sites for hydroxylation is 4. The number of pyridine rings is 4. The largest absolute Gasteiger partial charge is 0.408 e. The van der Waals surface area contributed by atoms with E-state index in [9.17, 15) is 0 Å². The van der Waals surface area contributed by atoms with Crippen LogP contribution < -0.4 is 18.1 Å². The number of hydrazine groups is 1. The molecule has 0 spiro atoms. The summed E-state index contributed by atoms with van der Waals surface area (Å²) in [6.45, 7) is 7.61. The highest BCUT2D eigenvalue weighted by atomic mass is 31.2. The summed E-state index contributed by atoms with van der Waals surface area (Å²) in [5.41, 5.74) is 3.30. The maximum atomic E-state index is 6.25. The van der Waals surface area contributed by atoms with Crippen LogP contribution in [0.4, 0.5) is 0 Å². The summed E-state index contributed by atoms with van der Waals surface area (Å²) in [6.07, 6.45) is 0. The van der Waals surface area contributed by atoms with Crippen LogP contribution in [0.1, 0.15) is 22.8 Å². The van der Waals surface area contributed by atoms with E-state index >= 15 is 0 Å². The van der Waals surface area contributed by atoms with Gasteiger partial charge in [0.05, 0.1) is 0 Å². The first-order valence-electron chi connectivity index (χ1n) is 11.8. The first-order chi connectivity index (χ1) is 18.3. The Balaban J connectivity index is 1.63. The fourth-order valence-electron chi connectivity index (χ4n) is 3.08. The van der Waals surface area contributed by atoms with Crippen LogP contribution in [0.3, 0.4) is 0 Å². The van der Waals surface area contributed by atoms with E-state index in [1.54, 1.807) is 33.8 Å². The van der Waals surface area contributed by atoms with Gasteiger partial charge in [0.1, 0.15) is 0 Å². The Morgan fingerprint density at radius 3 is 0.895 bits per heavy atom. The van der Waals surface area contributed by atoms with Crippen molar-refractivity contribution in [2.24, 2.45) is 0 Å². The number of aromatic nitrogens is 4. The highest BCUT2D eigenvalue weighted by molar-refractivity contribution is 7.48. The monoisotopic (exact) mass is 552 g/mol. The molecule has 0 amide bonds. The van der Waals surface area contributed by atoms with Crippen molar-refractivity contribution in [2.45, 2.75) is 27.7 Å². The van der Waals surface area contributed by atoms with Crippen molar-refractivity contribution in [2.75, 3.05) is 14.1 Å². The smallest absolute Gasteiger partial charge is 0.402 e. The van der Waals surface area contributed by atoms with Crippen molar-refractivity contribution < 1.29 is 18.1 Å². The van der Waals surface area contributed by atoms with Crippen LogP contribution in [0, 0.1) is 27.7 Å². The van der Waals surface area contributed by atoms with Crippen molar-refractivity contribution in [3.63, 3.8) is 0 Å². The third-order valence-corrected chi connectivity index (χ3v) is 8.03. The molecule has 4 aromatic rings. The fourth-order valence-corrected chi connectivity index (χ4v) is 5.49. The average Bonchev–Trinajstić information content (AvgIpc) is 2.87. The summed E-state index contributed by atoms with van der Waals surface area (Å²) >= 11 is 0. The minimum atomic E-state index is -1.78. The Bertz CT molecular complexity index is 1170. The molecule has 4 rings (SSSR count). The molecule has 0 N–H and O–H groups in total. The molecule has 0 radical (unpaired) electrons. The fraction of sp³-hybridized carbons (Fsp3) is 0.231. The second-order valence-corrected chi connectivity index (χ2v) is 11.1. The van der Waals surface area contributed by atoms with Crippen LogP contribution in [0.2, 0.25) is 0 Å². The zero-order valence-corrected chi connectivity index (χ0v) is 23.9. The topological polar surface area (TPSA) is 95.0 Å². The molecular formula is C26H30N6O4P2. The zero-order chi connectivity index (χ0) is 27.1. The highest BCUT2D eigenvalue weighted by Gasteiger charge is 2.35. The lowest BCUT2D eigenvalue weighted by Gasteiger charge is -2.34. The standard InChI is InChI=1S/C26H30N6O4P2/c1-19-11-7-15-23(27-19)33-37(34-24-16-8-12-20(2)28-24)31(5)32(6)38(35-25-17-9-13-21(3)29-25)36-26-18-10-14-22(4)30-26/h7-18H,1-6H3. The van der Waals surface area contributed by atoms with Gasteiger partial charge < -0.3 is 18.1 Å². The Kier molecular flexibility index (Phi) is 9.37. The highest BCUT2D eigenvalue weighted by Crippen LogP contribution is 2.50. The average molecular weight is 553 g/mol. The molecule has 0 aliphatic carbocycles. The van der Waals surface area contributed by atoms with E-state index in [0.717, 1.165) is 22.8 Å². The van der Waals surface area contributed by atoms with Gasteiger partial charge in [-0.05, 0) is 52.0 Å². The molecule has 0 saturated heterocycles. The molecule has 0 unspecified atom stereocenters. The van der Waals surface area contributed by atoms with E-state index < -0.39 is 17.1 Å². The Morgan fingerprint density at radius 2 is 0.684 bits per heavy atom.